The molecule has 0 saturated carbocycles. The molecule has 2 atom stereocenters. The van der Waals surface area contributed by atoms with Gasteiger partial charge in [0.05, 0.1) is 19.8 Å². The number of nitrogens with one attached hydrogen (secondary N) is 1. The summed E-state index contributed by atoms with van der Waals surface area (Å²) in [5, 5.41) is 3.14. The largest absolute Gasteiger partial charge is 0.472 e. The molecule has 1 aliphatic heterocycles. The Bertz CT molecular complexity index is 478. The van der Waals surface area contributed by atoms with Crippen LogP contribution in [0.3, 0.4) is 0 Å². The fourth-order valence-corrected chi connectivity index (χ4v) is 1.97. The Morgan fingerprint density at radius 3 is 3.14 bits per heavy atom. The lowest BCUT2D eigenvalue weighted by molar-refractivity contribution is 0.138. The van der Waals surface area contributed by atoms with Gasteiger partial charge in [-0.1, -0.05) is 6.92 Å². The van der Waals surface area contributed by atoms with Gasteiger partial charge in [-0.3, -0.25) is 0 Å². The Labute approximate surface area is 148 Å². The van der Waals surface area contributed by atoms with Gasteiger partial charge in [0.1, 0.15) is 6.10 Å². The van der Waals surface area contributed by atoms with Crippen molar-refractivity contribution in [1.29, 1.82) is 0 Å². The number of hydrogen-bond acceptors (Lipinski definition) is 4. The van der Waals surface area contributed by atoms with Crippen LogP contribution in [0.25, 0.3) is 0 Å². The average molecular weight is 420 g/mol. The lowest BCUT2D eigenvalue weighted by atomic mass is 10.2. The maximum atomic E-state index is 5.84. The highest BCUT2D eigenvalue weighted by atomic mass is 127. The molecule has 3 N–H and O–H groups in total. The van der Waals surface area contributed by atoms with Gasteiger partial charge in [-0.05, 0) is 25.0 Å². The molecule has 1 aromatic heterocycles. The minimum absolute atomic E-state index is 0. The van der Waals surface area contributed by atoms with Crippen LogP contribution in [0.5, 0.6) is 5.88 Å². The first-order chi connectivity index (χ1) is 10.2. The zero-order valence-corrected chi connectivity index (χ0v) is 15.4. The number of halogens is 1. The van der Waals surface area contributed by atoms with Gasteiger partial charge in [0.2, 0.25) is 5.88 Å². The summed E-state index contributed by atoms with van der Waals surface area (Å²) in [6.45, 7) is 6.08. The third kappa shape index (κ3) is 6.35. The van der Waals surface area contributed by atoms with Crippen LogP contribution < -0.4 is 15.8 Å². The molecule has 2 rings (SSSR count). The molecule has 22 heavy (non-hydrogen) atoms. The lowest BCUT2D eigenvalue weighted by Crippen LogP contribution is -2.38. The molecule has 0 aliphatic carbocycles. The summed E-state index contributed by atoms with van der Waals surface area (Å²) in [6.07, 6.45) is 3.75. The van der Waals surface area contributed by atoms with E-state index in [-0.39, 0.29) is 30.1 Å². The molecule has 0 spiro atoms. The van der Waals surface area contributed by atoms with Gasteiger partial charge in [-0.25, -0.2) is 9.98 Å². The van der Waals surface area contributed by atoms with Gasteiger partial charge in [0, 0.05) is 24.7 Å². The van der Waals surface area contributed by atoms with Gasteiger partial charge >= 0.3 is 0 Å². The normalized spacial score (nSPS) is 19.4. The molecule has 2 unspecified atom stereocenters. The highest BCUT2D eigenvalue weighted by molar-refractivity contribution is 14.0. The standard InChI is InChI=1S/C15H24N4O2.HI/c1-3-11(2)19-15(16)18-9-12-4-6-17-14(8-12)21-13-5-7-20-10-13;/h4,6,8,11,13H,3,5,7,9-10H2,1-2H3,(H3,16,18,19);1H. The smallest absolute Gasteiger partial charge is 0.213 e. The van der Waals surface area contributed by atoms with E-state index in [2.05, 4.69) is 29.1 Å². The highest BCUT2D eigenvalue weighted by Gasteiger charge is 2.17. The summed E-state index contributed by atoms with van der Waals surface area (Å²) in [7, 11) is 0. The molecule has 124 valence electrons. The maximum Gasteiger partial charge on any atom is 0.213 e. The van der Waals surface area contributed by atoms with Crippen molar-refractivity contribution in [2.45, 2.75) is 45.4 Å². The van der Waals surface area contributed by atoms with E-state index in [0.717, 1.165) is 25.0 Å². The molecule has 1 fully saturated rings. The number of nitrogens with zero attached hydrogens (tertiary/aromatic N) is 2. The van der Waals surface area contributed by atoms with Crippen LogP contribution in [0.15, 0.2) is 23.3 Å². The molecule has 0 radical (unpaired) electrons. The van der Waals surface area contributed by atoms with E-state index >= 15 is 0 Å². The van der Waals surface area contributed by atoms with Crippen molar-refractivity contribution in [3.8, 4) is 5.88 Å². The fourth-order valence-electron chi connectivity index (χ4n) is 1.97. The Hall–Kier alpha value is -1.09. The zero-order valence-electron chi connectivity index (χ0n) is 13.1. The summed E-state index contributed by atoms with van der Waals surface area (Å²) in [5.74, 6) is 1.08. The Balaban J connectivity index is 0.00000242. The zero-order chi connectivity index (χ0) is 15.1. The Kier molecular flexibility index (Phi) is 8.47. The van der Waals surface area contributed by atoms with Gasteiger partial charge in [-0.15, -0.1) is 24.0 Å². The van der Waals surface area contributed by atoms with Crippen molar-refractivity contribution in [2.75, 3.05) is 13.2 Å². The van der Waals surface area contributed by atoms with Crippen LogP contribution in [0.1, 0.15) is 32.3 Å². The molecule has 7 heteroatoms. The lowest BCUT2D eigenvalue weighted by Gasteiger charge is -2.12. The fraction of sp³-hybridized carbons (Fsp3) is 0.600. The van der Waals surface area contributed by atoms with Gasteiger partial charge in [0.15, 0.2) is 5.96 Å². The maximum absolute atomic E-state index is 5.84. The van der Waals surface area contributed by atoms with Crippen LogP contribution in [0.2, 0.25) is 0 Å². The van der Waals surface area contributed by atoms with E-state index in [4.69, 9.17) is 15.2 Å². The quantitative estimate of drug-likeness (QED) is 0.419. The molecule has 2 heterocycles. The van der Waals surface area contributed by atoms with E-state index in [9.17, 15) is 0 Å². The number of aromatic nitrogens is 1. The first-order valence-electron chi connectivity index (χ1n) is 7.43. The van der Waals surface area contributed by atoms with Crippen LogP contribution in [0, 0.1) is 0 Å². The SMILES string of the molecule is CCC(C)NC(N)=NCc1ccnc(OC2CCOC2)c1.I. The van der Waals surface area contributed by atoms with Crippen molar-refractivity contribution < 1.29 is 9.47 Å². The number of guanidine groups is 1. The van der Waals surface area contributed by atoms with Crippen molar-refractivity contribution in [1.82, 2.24) is 10.3 Å². The number of ether oxygens (including phenoxy) is 2. The predicted octanol–water partition coefficient (Wildman–Crippen LogP) is 2.07. The summed E-state index contributed by atoms with van der Waals surface area (Å²) in [6, 6.07) is 4.14. The first kappa shape index (κ1) is 19.0. The number of aliphatic imine (C=N–C) groups is 1. The second-order valence-corrected chi connectivity index (χ2v) is 5.26. The molecule has 6 nitrogen and oxygen atoms in total. The molecule has 1 saturated heterocycles. The van der Waals surface area contributed by atoms with Crippen molar-refractivity contribution in [3.05, 3.63) is 23.9 Å². The summed E-state index contributed by atoms with van der Waals surface area (Å²) in [4.78, 5) is 8.55. The summed E-state index contributed by atoms with van der Waals surface area (Å²) < 4.78 is 11.1. The van der Waals surface area contributed by atoms with E-state index in [1.54, 1.807) is 6.20 Å². The third-order valence-corrected chi connectivity index (χ3v) is 3.41. The molecular weight excluding hydrogens is 395 g/mol. The topological polar surface area (TPSA) is 81.8 Å². The van der Waals surface area contributed by atoms with Crippen molar-refractivity contribution in [2.24, 2.45) is 10.7 Å². The second-order valence-electron chi connectivity index (χ2n) is 5.26. The number of pyridine rings is 1. The minimum Gasteiger partial charge on any atom is -0.472 e. The molecule has 0 bridgehead atoms. The molecule has 0 aromatic carbocycles. The summed E-state index contributed by atoms with van der Waals surface area (Å²) >= 11 is 0. The van der Waals surface area contributed by atoms with Crippen molar-refractivity contribution in [3.63, 3.8) is 0 Å². The Morgan fingerprint density at radius 2 is 2.45 bits per heavy atom. The monoisotopic (exact) mass is 420 g/mol. The van der Waals surface area contributed by atoms with Gasteiger partial charge < -0.3 is 20.5 Å². The van der Waals surface area contributed by atoms with Gasteiger partial charge in [-0.2, -0.15) is 0 Å². The van der Waals surface area contributed by atoms with Crippen LogP contribution in [-0.2, 0) is 11.3 Å². The molecular formula is C15H25IN4O2. The van der Waals surface area contributed by atoms with E-state index < -0.39 is 0 Å². The van der Waals surface area contributed by atoms with Crippen LogP contribution >= 0.6 is 24.0 Å². The first-order valence-corrected chi connectivity index (χ1v) is 7.43. The third-order valence-electron chi connectivity index (χ3n) is 3.41. The number of nitrogens with two attached hydrogens (primary N) is 1. The molecule has 1 aromatic rings. The summed E-state index contributed by atoms with van der Waals surface area (Å²) in [5.41, 5.74) is 6.86. The number of rotatable bonds is 6. The highest BCUT2D eigenvalue weighted by Crippen LogP contribution is 2.16. The predicted molar refractivity (Wildman–Crippen MR) is 97.7 cm³/mol. The minimum atomic E-state index is 0. The van der Waals surface area contributed by atoms with Crippen molar-refractivity contribution >= 4 is 29.9 Å². The van der Waals surface area contributed by atoms with Gasteiger partial charge in [0.25, 0.3) is 0 Å². The molecule has 0 amide bonds. The number of hydrogen-bond donors (Lipinski definition) is 2. The molecule has 1 aliphatic rings. The van der Waals surface area contributed by atoms with E-state index in [1.807, 2.05) is 12.1 Å². The second kappa shape index (κ2) is 9.83. The Morgan fingerprint density at radius 1 is 1.64 bits per heavy atom. The van der Waals surface area contributed by atoms with E-state index in [0.29, 0.717) is 31.0 Å². The van der Waals surface area contributed by atoms with Crippen LogP contribution in [0.4, 0.5) is 0 Å². The average Bonchev–Trinajstić information content (AvgIpc) is 2.98. The van der Waals surface area contributed by atoms with Crippen LogP contribution in [-0.4, -0.2) is 36.3 Å². The van der Waals surface area contributed by atoms with E-state index in [1.165, 1.54) is 0 Å².